The number of hydrogen-bond acceptors (Lipinski definition) is 2. The lowest BCUT2D eigenvalue weighted by atomic mass is 9.85. The highest BCUT2D eigenvalue weighted by atomic mass is 19.1. The largest absolute Gasteiger partial charge is 0.388 e. The van der Waals surface area contributed by atoms with Gasteiger partial charge in [-0.2, -0.15) is 0 Å². The number of aromatic nitrogens is 1. The molecule has 0 aliphatic heterocycles. The highest BCUT2D eigenvalue weighted by Crippen LogP contribution is 2.33. The van der Waals surface area contributed by atoms with E-state index in [0.29, 0.717) is 35.0 Å². The molecule has 0 bridgehead atoms. The van der Waals surface area contributed by atoms with Crippen molar-refractivity contribution >= 4 is 16.8 Å². The molecule has 0 saturated heterocycles. The number of H-pyrrole nitrogens is 1. The maximum absolute atomic E-state index is 13.8. The fourth-order valence-electron chi connectivity index (χ4n) is 3.96. The number of rotatable bonds is 4. The molecule has 1 aromatic heterocycles. The number of fused-ring (bicyclic) bond motifs is 1. The van der Waals surface area contributed by atoms with Gasteiger partial charge >= 0.3 is 0 Å². The summed E-state index contributed by atoms with van der Waals surface area (Å²) >= 11 is 0. The molecule has 1 amide bonds. The van der Waals surface area contributed by atoms with Crippen LogP contribution in [0.15, 0.2) is 48.5 Å². The number of aliphatic hydroxyl groups is 1. The Bertz CT molecular complexity index is 959. The molecule has 4 rings (SSSR count). The van der Waals surface area contributed by atoms with Crippen LogP contribution in [0.3, 0.4) is 0 Å². The van der Waals surface area contributed by atoms with Crippen LogP contribution in [0.25, 0.3) is 22.0 Å². The molecular weight excluding hydrogens is 343 g/mol. The van der Waals surface area contributed by atoms with Crippen LogP contribution in [0, 0.1) is 5.82 Å². The van der Waals surface area contributed by atoms with Gasteiger partial charge in [-0.15, -0.1) is 0 Å². The van der Waals surface area contributed by atoms with Crippen LogP contribution in [-0.4, -0.2) is 28.1 Å². The molecule has 1 fully saturated rings. The average molecular weight is 366 g/mol. The molecular formula is C22H23FN2O2. The predicted octanol–water partition coefficient (Wildman–Crippen LogP) is 4.40. The number of carbonyl (C=O) groups excluding carboxylic acids is 1. The second kappa shape index (κ2) is 7.16. The van der Waals surface area contributed by atoms with Crippen LogP contribution in [0.1, 0.15) is 42.6 Å². The number of nitrogens with one attached hydrogen (secondary N) is 2. The predicted molar refractivity (Wildman–Crippen MR) is 104 cm³/mol. The number of benzene rings is 2. The number of amides is 1. The van der Waals surface area contributed by atoms with Crippen LogP contribution in [0.4, 0.5) is 4.39 Å². The van der Waals surface area contributed by atoms with Gasteiger partial charge in [0.2, 0.25) is 0 Å². The third-order valence-electron chi connectivity index (χ3n) is 5.41. The lowest BCUT2D eigenvalue weighted by Gasteiger charge is -2.32. The summed E-state index contributed by atoms with van der Waals surface area (Å²) in [5.74, 6) is -0.633. The van der Waals surface area contributed by atoms with Gasteiger partial charge in [0.15, 0.2) is 0 Å². The topological polar surface area (TPSA) is 65.1 Å². The first-order valence-corrected chi connectivity index (χ1v) is 9.43. The van der Waals surface area contributed by atoms with E-state index in [1.54, 1.807) is 6.07 Å². The van der Waals surface area contributed by atoms with Gasteiger partial charge in [-0.25, -0.2) is 4.39 Å². The summed E-state index contributed by atoms with van der Waals surface area (Å²) in [5.41, 5.74) is 1.78. The van der Waals surface area contributed by atoms with Crippen molar-refractivity contribution in [1.82, 2.24) is 10.3 Å². The van der Waals surface area contributed by atoms with Crippen LogP contribution in [0.5, 0.6) is 0 Å². The lowest BCUT2D eigenvalue weighted by molar-refractivity contribution is 0.00522. The Morgan fingerprint density at radius 2 is 1.85 bits per heavy atom. The standard InChI is InChI=1S/C22H23FN2O2/c23-16-9-10-18-17(13-16)19(15-7-3-1-4-8-15)20(25-18)21(26)24-14-22(27)11-5-2-6-12-22/h1,3-4,7-10,13,25,27H,2,5-6,11-12,14H2,(H,24,26). The van der Waals surface area contributed by atoms with E-state index in [0.717, 1.165) is 24.8 Å². The van der Waals surface area contributed by atoms with E-state index in [4.69, 9.17) is 0 Å². The molecule has 27 heavy (non-hydrogen) atoms. The SMILES string of the molecule is O=C(NCC1(O)CCCCC1)c1[nH]c2ccc(F)cc2c1-c1ccccc1. The van der Waals surface area contributed by atoms with Gasteiger partial charge in [0.05, 0.1) is 5.60 Å². The normalized spacial score (nSPS) is 16.4. The van der Waals surface area contributed by atoms with Gasteiger partial charge in [-0.3, -0.25) is 4.79 Å². The van der Waals surface area contributed by atoms with Crippen LogP contribution in [0.2, 0.25) is 0 Å². The molecule has 0 spiro atoms. The second-order valence-corrected chi connectivity index (χ2v) is 7.40. The van der Waals surface area contributed by atoms with Gasteiger partial charge < -0.3 is 15.4 Å². The van der Waals surface area contributed by atoms with E-state index >= 15 is 0 Å². The molecule has 0 radical (unpaired) electrons. The van der Waals surface area contributed by atoms with Crippen molar-refractivity contribution in [2.75, 3.05) is 6.54 Å². The Hall–Kier alpha value is -2.66. The summed E-state index contributed by atoms with van der Waals surface area (Å²) in [6.07, 6.45) is 4.50. The van der Waals surface area contributed by atoms with Crippen molar-refractivity contribution in [3.63, 3.8) is 0 Å². The Morgan fingerprint density at radius 1 is 1.11 bits per heavy atom. The number of hydrogen-bond donors (Lipinski definition) is 3. The quantitative estimate of drug-likeness (QED) is 0.641. The minimum atomic E-state index is -0.834. The fourth-order valence-corrected chi connectivity index (χ4v) is 3.96. The summed E-state index contributed by atoms with van der Waals surface area (Å²) in [4.78, 5) is 16.1. The molecule has 1 heterocycles. The van der Waals surface area contributed by atoms with Gasteiger partial charge in [0.25, 0.3) is 5.91 Å². The summed E-state index contributed by atoms with van der Waals surface area (Å²) in [6.45, 7) is 0.226. The average Bonchev–Trinajstić information content (AvgIpc) is 3.06. The number of halogens is 1. The molecule has 1 aliphatic rings. The third kappa shape index (κ3) is 3.60. The molecule has 1 aliphatic carbocycles. The van der Waals surface area contributed by atoms with Gasteiger partial charge in [0, 0.05) is 23.0 Å². The highest BCUT2D eigenvalue weighted by molar-refractivity contribution is 6.09. The number of aromatic amines is 1. The zero-order valence-corrected chi connectivity index (χ0v) is 15.1. The zero-order chi connectivity index (χ0) is 18.9. The van der Waals surface area contributed by atoms with E-state index in [9.17, 15) is 14.3 Å². The first kappa shape index (κ1) is 17.7. The van der Waals surface area contributed by atoms with Crippen molar-refractivity contribution < 1.29 is 14.3 Å². The van der Waals surface area contributed by atoms with Crippen molar-refractivity contribution in [1.29, 1.82) is 0 Å². The molecule has 3 N–H and O–H groups in total. The van der Waals surface area contributed by atoms with Crippen molar-refractivity contribution in [2.45, 2.75) is 37.7 Å². The molecule has 140 valence electrons. The smallest absolute Gasteiger partial charge is 0.268 e. The van der Waals surface area contributed by atoms with E-state index in [1.807, 2.05) is 30.3 Å². The summed E-state index contributed by atoms with van der Waals surface area (Å²) in [7, 11) is 0. The van der Waals surface area contributed by atoms with Crippen molar-refractivity contribution in [3.05, 3.63) is 60.0 Å². The monoisotopic (exact) mass is 366 g/mol. The molecule has 3 aromatic rings. The van der Waals surface area contributed by atoms with E-state index in [1.165, 1.54) is 12.1 Å². The van der Waals surface area contributed by atoms with Gasteiger partial charge in [-0.1, -0.05) is 49.6 Å². The van der Waals surface area contributed by atoms with Crippen molar-refractivity contribution in [2.24, 2.45) is 0 Å². The van der Waals surface area contributed by atoms with Crippen LogP contribution < -0.4 is 5.32 Å². The Labute approximate surface area is 157 Å². The summed E-state index contributed by atoms with van der Waals surface area (Å²) in [5, 5.41) is 14.2. The fraction of sp³-hybridized carbons (Fsp3) is 0.318. The summed E-state index contributed by atoms with van der Waals surface area (Å²) in [6, 6.07) is 13.9. The van der Waals surface area contributed by atoms with E-state index in [2.05, 4.69) is 10.3 Å². The highest BCUT2D eigenvalue weighted by Gasteiger charge is 2.30. The number of carbonyl (C=O) groups is 1. The van der Waals surface area contributed by atoms with E-state index in [-0.39, 0.29) is 18.3 Å². The third-order valence-corrected chi connectivity index (χ3v) is 5.41. The van der Waals surface area contributed by atoms with Crippen molar-refractivity contribution in [3.8, 4) is 11.1 Å². The maximum Gasteiger partial charge on any atom is 0.268 e. The van der Waals surface area contributed by atoms with Crippen LogP contribution >= 0.6 is 0 Å². The Balaban J connectivity index is 1.69. The van der Waals surface area contributed by atoms with Gasteiger partial charge in [-0.05, 0) is 36.6 Å². The molecule has 5 heteroatoms. The minimum Gasteiger partial charge on any atom is -0.388 e. The first-order valence-electron chi connectivity index (χ1n) is 9.43. The van der Waals surface area contributed by atoms with E-state index < -0.39 is 5.60 Å². The molecule has 0 atom stereocenters. The molecule has 4 nitrogen and oxygen atoms in total. The minimum absolute atomic E-state index is 0.226. The van der Waals surface area contributed by atoms with Gasteiger partial charge in [0.1, 0.15) is 11.5 Å². The molecule has 2 aromatic carbocycles. The zero-order valence-electron chi connectivity index (χ0n) is 15.1. The lowest BCUT2D eigenvalue weighted by Crippen LogP contribution is -2.44. The molecule has 1 saturated carbocycles. The maximum atomic E-state index is 13.8. The van der Waals surface area contributed by atoms with Crippen LogP contribution in [-0.2, 0) is 0 Å². The summed E-state index contributed by atoms with van der Waals surface area (Å²) < 4.78 is 13.8. The Kier molecular flexibility index (Phi) is 4.70. The Morgan fingerprint density at radius 3 is 2.59 bits per heavy atom. The molecule has 0 unspecified atom stereocenters. The first-order chi connectivity index (χ1) is 13.1. The second-order valence-electron chi connectivity index (χ2n) is 7.40.